The number of likely N-dealkylation sites (N-methyl/N-ethyl adjacent to an activating group) is 1. The van der Waals surface area contributed by atoms with Gasteiger partial charge < -0.3 is 15.0 Å². The van der Waals surface area contributed by atoms with Gasteiger partial charge in [0, 0.05) is 24.1 Å². The highest BCUT2D eigenvalue weighted by Gasteiger charge is 2.33. The minimum absolute atomic E-state index is 0.00111. The second kappa shape index (κ2) is 8.09. The van der Waals surface area contributed by atoms with E-state index < -0.39 is 11.0 Å². The van der Waals surface area contributed by atoms with Gasteiger partial charge in [0.1, 0.15) is 5.75 Å². The summed E-state index contributed by atoms with van der Waals surface area (Å²) < 4.78 is 5.69. The number of amides is 2. The van der Waals surface area contributed by atoms with E-state index in [1.807, 2.05) is 0 Å². The topological polar surface area (TPSA) is 102 Å². The number of nitro groups is 1. The SMILES string of the molecule is CNC(=O)[C@@H]1CN(C(=O)CSc2ccc([N+](=O)[O-])cc2)c2ccccc2O1. The second-order valence-electron chi connectivity index (χ2n) is 5.73. The Morgan fingerprint density at radius 3 is 2.63 bits per heavy atom. The molecular formula is C18H17N3O5S. The standard InChI is InChI=1S/C18H17N3O5S/c1-19-18(23)16-10-20(14-4-2-3-5-15(14)26-16)17(22)11-27-13-8-6-12(7-9-13)21(24)25/h2-9,16H,10-11H2,1H3,(H,19,23)/t16-/m0/s1. The Bertz CT molecular complexity index is 872. The number of thioether (sulfide) groups is 1. The minimum Gasteiger partial charge on any atom is -0.477 e. The molecule has 0 saturated heterocycles. The summed E-state index contributed by atoms with van der Waals surface area (Å²) in [5, 5.41) is 13.2. The third-order valence-corrected chi connectivity index (χ3v) is 5.02. The lowest BCUT2D eigenvalue weighted by Gasteiger charge is -2.34. The Hall–Kier alpha value is -3.07. The summed E-state index contributed by atoms with van der Waals surface area (Å²) in [4.78, 5) is 37.3. The number of carbonyl (C=O) groups excluding carboxylic acids is 2. The number of nitro benzene ring substituents is 1. The molecule has 0 radical (unpaired) electrons. The van der Waals surface area contributed by atoms with Crippen molar-refractivity contribution in [3.05, 3.63) is 58.6 Å². The fourth-order valence-electron chi connectivity index (χ4n) is 2.66. The third kappa shape index (κ3) is 4.20. The van der Waals surface area contributed by atoms with E-state index in [9.17, 15) is 19.7 Å². The average Bonchev–Trinajstić information content (AvgIpc) is 2.70. The van der Waals surface area contributed by atoms with Gasteiger partial charge in [0.15, 0.2) is 6.10 Å². The smallest absolute Gasteiger partial charge is 0.269 e. The van der Waals surface area contributed by atoms with Gasteiger partial charge in [-0.25, -0.2) is 0 Å². The average molecular weight is 387 g/mol. The molecule has 1 atom stereocenters. The Labute approximate surface area is 159 Å². The van der Waals surface area contributed by atoms with Crippen LogP contribution >= 0.6 is 11.8 Å². The van der Waals surface area contributed by atoms with Gasteiger partial charge in [0.2, 0.25) is 5.91 Å². The molecule has 27 heavy (non-hydrogen) atoms. The Morgan fingerprint density at radius 2 is 1.96 bits per heavy atom. The molecule has 0 unspecified atom stereocenters. The molecule has 140 valence electrons. The highest BCUT2D eigenvalue weighted by molar-refractivity contribution is 8.00. The van der Waals surface area contributed by atoms with E-state index in [0.29, 0.717) is 11.4 Å². The van der Waals surface area contributed by atoms with Gasteiger partial charge in [0.05, 0.1) is 22.9 Å². The maximum absolute atomic E-state index is 12.8. The number of fused-ring (bicyclic) bond motifs is 1. The number of carbonyl (C=O) groups is 2. The van der Waals surface area contributed by atoms with Crippen molar-refractivity contribution < 1.29 is 19.2 Å². The van der Waals surface area contributed by atoms with Crippen molar-refractivity contribution >= 4 is 35.0 Å². The van der Waals surface area contributed by atoms with E-state index in [-0.39, 0.29) is 29.8 Å². The largest absolute Gasteiger partial charge is 0.477 e. The maximum atomic E-state index is 12.8. The van der Waals surface area contributed by atoms with Crippen LogP contribution in [0, 0.1) is 10.1 Å². The van der Waals surface area contributed by atoms with Gasteiger partial charge in [-0.2, -0.15) is 0 Å². The summed E-state index contributed by atoms with van der Waals surface area (Å²) in [5.74, 6) is 0.131. The molecule has 2 amide bonds. The zero-order valence-electron chi connectivity index (χ0n) is 14.5. The Balaban J connectivity index is 1.72. The van der Waals surface area contributed by atoms with E-state index >= 15 is 0 Å². The van der Waals surface area contributed by atoms with Crippen LogP contribution in [0.4, 0.5) is 11.4 Å². The van der Waals surface area contributed by atoms with Crippen molar-refractivity contribution in [1.29, 1.82) is 0 Å². The first-order valence-electron chi connectivity index (χ1n) is 8.14. The van der Waals surface area contributed by atoms with E-state index in [2.05, 4.69) is 5.32 Å². The van der Waals surface area contributed by atoms with Gasteiger partial charge in [-0.1, -0.05) is 12.1 Å². The molecule has 1 heterocycles. The van der Waals surface area contributed by atoms with Crippen LogP contribution in [-0.4, -0.2) is 42.2 Å². The fraction of sp³-hybridized carbons (Fsp3) is 0.222. The number of benzene rings is 2. The van der Waals surface area contributed by atoms with Crippen molar-refractivity contribution in [2.24, 2.45) is 0 Å². The molecular weight excluding hydrogens is 370 g/mol. The normalized spacial score (nSPS) is 15.4. The van der Waals surface area contributed by atoms with Crippen molar-refractivity contribution in [1.82, 2.24) is 5.32 Å². The van der Waals surface area contributed by atoms with E-state index in [0.717, 1.165) is 4.90 Å². The van der Waals surface area contributed by atoms with Gasteiger partial charge in [-0.15, -0.1) is 11.8 Å². The number of nitrogens with one attached hydrogen (secondary N) is 1. The number of anilines is 1. The van der Waals surface area contributed by atoms with Crippen LogP contribution in [0.5, 0.6) is 5.75 Å². The molecule has 1 aliphatic heterocycles. The van der Waals surface area contributed by atoms with Crippen LogP contribution in [-0.2, 0) is 9.59 Å². The second-order valence-corrected chi connectivity index (χ2v) is 6.78. The number of non-ortho nitro benzene ring substituents is 1. The Kier molecular flexibility index (Phi) is 5.60. The van der Waals surface area contributed by atoms with E-state index in [1.54, 1.807) is 36.4 Å². The lowest BCUT2D eigenvalue weighted by molar-refractivity contribution is -0.384. The van der Waals surface area contributed by atoms with Crippen LogP contribution in [0.3, 0.4) is 0 Å². The number of para-hydroxylation sites is 2. The quantitative estimate of drug-likeness (QED) is 0.480. The molecule has 2 aromatic carbocycles. The van der Waals surface area contributed by atoms with E-state index in [1.165, 1.54) is 35.8 Å². The van der Waals surface area contributed by atoms with Crippen LogP contribution < -0.4 is 15.0 Å². The molecule has 0 aliphatic carbocycles. The molecule has 0 saturated carbocycles. The molecule has 0 fully saturated rings. The number of ether oxygens (including phenoxy) is 1. The summed E-state index contributed by atoms with van der Waals surface area (Å²) >= 11 is 1.28. The van der Waals surface area contributed by atoms with Crippen LogP contribution in [0.15, 0.2) is 53.4 Å². The third-order valence-electron chi connectivity index (χ3n) is 4.02. The Morgan fingerprint density at radius 1 is 1.26 bits per heavy atom. The van der Waals surface area contributed by atoms with Crippen LogP contribution in [0.2, 0.25) is 0 Å². The summed E-state index contributed by atoms with van der Waals surface area (Å²) in [7, 11) is 1.52. The maximum Gasteiger partial charge on any atom is 0.269 e. The molecule has 9 heteroatoms. The minimum atomic E-state index is -0.779. The first-order chi connectivity index (χ1) is 13.0. The van der Waals surface area contributed by atoms with Crippen molar-refractivity contribution in [3.63, 3.8) is 0 Å². The molecule has 3 rings (SSSR count). The summed E-state index contributed by atoms with van der Waals surface area (Å²) in [5.41, 5.74) is 0.619. The molecule has 2 aromatic rings. The van der Waals surface area contributed by atoms with Crippen molar-refractivity contribution in [2.75, 3.05) is 24.2 Å². The van der Waals surface area contributed by atoms with Crippen LogP contribution in [0.1, 0.15) is 0 Å². The zero-order chi connectivity index (χ0) is 19.4. The van der Waals surface area contributed by atoms with Gasteiger partial charge in [-0.3, -0.25) is 19.7 Å². The molecule has 8 nitrogen and oxygen atoms in total. The summed E-state index contributed by atoms with van der Waals surface area (Å²) in [6.45, 7) is 0.121. The van der Waals surface area contributed by atoms with Gasteiger partial charge in [-0.05, 0) is 24.3 Å². The molecule has 0 aromatic heterocycles. The number of hydrogen-bond donors (Lipinski definition) is 1. The first-order valence-corrected chi connectivity index (χ1v) is 9.13. The molecule has 0 spiro atoms. The predicted octanol–water partition coefficient (Wildman–Crippen LogP) is 2.23. The van der Waals surface area contributed by atoms with Crippen molar-refractivity contribution in [2.45, 2.75) is 11.0 Å². The molecule has 1 N–H and O–H groups in total. The highest BCUT2D eigenvalue weighted by Crippen LogP contribution is 2.34. The van der Waals surface area contributed by atoms with E-state index in [4.69, 9.17) is 4.74 Å². The summed E-state index contributed by atoms with van der Waals surface area (Å²) in [6.07, 6.45) is -0.779. The van der Waals surface area contributed by atoms with Crippen LogP contribution in [0.25, 0.3) is 0 Å². The number of hydrogen-bond acceptors (Lipinski definition) is 6. The predicted molar refractivity (Wildman–Crippen MR) is 101 cm³/mol. The molecule has 1 aliphatic rings. The zero-order valence-corrected chi connectivity index (χ0v) is 15.3. The lowest BCUT2D eigenvalue weighted by atomic mass is 10.2. The lowest BCUT2D eigenvalue weighted by Crippen LogP contribution is -2.50. The van der Waals surface area contributed by atoms with Crippen molar-refractivity contribution in [3.8, 4) is 5.75 Å². The number of nitrogens with zero attached hydrogens (tertiary/aromatic N) is 2. The first kappa shape index (κ1) is 18.7. The summed E-state index contributed by atoms with van der Waals surface area (Å²) in [6, 6.07) is 13.1. The van der Waals surface area contributed by atoms with Gasteiger partial charge in [0.25, 0.3) is 11.6 Å². The molecule has 0 bridgehead atoms. The fourth-order valence-corrected chi connectivity index (χ4v) is 3.43. The monoisotopic (exact) mass is 387 g/mol. The van der Waals surface area contributed by atoms with Gasteiger partial charge >= 0.3 is 0 Å². The highest BCUT2D eigenvalue weighted by atomic mass is 32.2. The number of rotatable bonds is 5.